The Morgan fingerprint density at radius 3 is 2.33 bits per heavy atom. The number of rotatable bonds is 8. The van der Waals surface area contributed by atoms with Crippen LogP contribution in [0.5, 0.6) is 0 Å². The van der Waals surface area contributed by atoms with Crippen molar-refractivity contribution in [2.24, 2.45) is 0 Å². The Morgan fingerprint density at radius 1 is 1.28 bits per heavy atom. The smallest absolute Gasteiger partial charge is 0.317 e. The lowest BCUT2D eigenvalue weighted by Gasteiger charge is -2.20. The fraction of sp³-hybridized carbons (Fsp3) is 0.800. The molecule has 0 aliphatic rings. The normalized spacial score (nSPS) is 11.0. The first-order valence-electron chi connectivity index (χ1n) is 5.77. The molecule has 0 aromatic rings. The number of aliphatic carboxylic acids is 1. The van der Waals surface area contributed by atoms with Gasteiger partial charge in [-0.15, -0.1) is 0 Å². The number of amides is 2. The van der Waals surface area contributed by atoms with Gasteiger partial charge in [0.25, 0.3) is 0 Å². The molecular weight excluding hydrogens is 260 g/mol. The Labute approximate surface area is 107 Å². The first kappa shape index (κ1) is 16.7. The molecule has 2 N–H and O–H groups in total. The molecule has 18 heavy (non-hydrogen) atoms. The van der Waals surface area contributed by atoms with Gasteiger partial charge in [0.2, 0.25) is 0 Å². The highest BCUT2D eigenvalue weighted by Crippen LogP contribution is 1.93. The molecule has 0 atom stereocenters. The average molecular weight is 280 g/mol. The van der Waals surface area contributed by atoms with Gasteiger partial charge >= 0.3 is 12.0 Å². The number of urea groups is 1. The molecule has 0 spiro atoms. The van der Waals surface area contributed by atoms with Crippen molar-refractivity contribution in [1.29, 1.82) is 0 Å². The Morgan fingerprint density at radius 2 is 1.89 bits per heavy atom. The van der Waals surface area contributed by atoms with Gasteiger partial charge in [-0.1, -0.05) is 6.92 Å². The number of nitrogens with zero attached hydrogens (tertiary/aromatic N) is 1. The van der Waals surface area contributed by atoms with Gasteiger partial charge < -0.3 is 15.3 Å². The molecule has 8 heteroatoms. The maximum atomic E-state index is 11.6. The zero-order valence-corrected chi connectivity index (χ0v) is 11.5. The van der Waals surface area contributed by atoms with Crippen molar-refractivity contribution >= 4 is 21.8 Å². The van der Waals surface area contributed by atoms with Gasteiger partial charge in [0, 0.05) is 25.4 Å². The molecule has 0 aromatic heterocycles. The molecule has 0 saturated carbocycles. The second-order valence-electron chi connectivity index (χ2n) is 3.69. The van der Waals surface area contributed by atoms with Crippen LogP contribution >= 0.6 is 0 Å². The number of carbonyl (C=O) groups is 2. The second kappa shape index (κ2) is 7.91. The number of sulfone groups is 1. The van der Waals surface area contributed by atoms with E-state index < -0.39 is 21.8 Å². The molecule has 0 radical (unpaired) electrons. The van der Waals surface area contributed by atoms with E-state index in [2.05, 4.69) is 5.32 Å². The zero-order chi connectivity index (χ0) is 14.2. The second-order valence-corrected chi connectivity index (χ2v) is 6.16. The maximum absolute atomic E-state index is 11.6. The molecule has 0 aliphatic heterocycles. The van der Waals surface area contributed by atoms with E-state index in [0.29, 0.717) is 6.54 Å². The predicted molar refractivity (Wildman–Crippen MR) is 67.2 cm³/mol. The average Bonchev–Trinajstić information content (AvgIpc) is 2.29. The molecule has 106 valence electrons. The maximum Gasteiger partial charge on any atom is 0.317 e. The van der Waals surface area contributed by atoms with E-state index in [9.17, 15) is 18.0 Å². The minimum Gasteiger partial charge on any atom is -0.481 e. The van der Waals surface area contributed by atoms with Crippen LogP contribution in [0.15, 0.2) is 0 Å². The number of carboxylic acid groups (broad SMARTS) is 1. The number of nitrogens with one attached hydrogen (secondary N) is 1. The molecule has 0 fully saturated rings. The van der Waals surface area contributed by atoms with E-state index in [4.69, 9.17) is 5.11 Å². The first-order valence-corrected chi connectivity index (χ1v) is 7.59. The van der Waals surface area contributed by atoms with Gasteiger partial charge in [-0.25, -0.2) is 13.2 Å². The van der Waals surface area contributed by atoms with E-state index in [1.54, 1.807) is 13.8 Å². The highest BCUT2D eigenvalue weighted by molar-refractivity contribution is 7.91. The number of hydrogen-bond acceptors (Lipinski definition) is 4. The molecule has 7 nitrogen and oxygen atoms in total. The number of carbonyl (C=O) groups excluding carboxylic acids is 1. The largest absolute Gasteiger partial charge is 0.481 e. The van der Waals surface area contributed by atoms with Crippen molar-refractivity contribution in [3.8, 4) is 0 Å². The van der Waals surface area contributed by atoms with Crippen molar-refractivity contribution in [2.75, 3.05) is 31.1 Å². The SMILES string of the molecule is CCN(CCC(=O)O)C(=O)NCCS(=O)(=O)CC. The van der Waals surface area contributed by atoms with Gasteiger partial charge in [-0.2, -0.15) is 0 Å². The molecule has 0 unspecified atom stereocenters. The monoisotopic (exact) mass is 280 g/mol. The van der Waals surface area contributed by atoms with Crippen molar-refractivity contribution in [3.63, 3.8) is 0 Å². The molecule has 0 saturated heterocycles. The minimum atomic E-state index is -3.10. The van der Waals surface area contributed by atoms with Crippen LogP contribution in [0, 0.1) is 0 Å². The lowest BCUT2D eigenvalue weighted by Crippen LogP contribution is -2.42. The molecular formula is C10H20N2O5S. The van der Waals surface area contributed by atoms with Crippen LogP contribution in [0.4, 0.5) is 4.79 Å². The van der Waals surface area contributed by atoms with Crippen molar-refractivity contribution in [1.82, 2.24) is 10.2 Å². The van der Waals surface area contributed by atoms with E-state index >= 15 is 0 Å². The molecule has 0 aromatic carbocycles. The standard InChI is InChI=1S/C10H20N2O5S/c1-3-12(7-5-9(13)14)10(15)11-6-8-18(16,17)4-2/h3-8H2,1-2H3,(H,11,15)(H,13,14). The van der Waals surface area contributed by atoms with Crippen LogP contribution in [-0.4, -0.2) is 61.6 Å². The summed E-state index contributed by atoms with van der Waals surface area (Å²) < 4.78 is 22.4. The van der Waals surface area contributed by atoms with Crippen molar-refractivity contribution < 1.29 is 23.1 Å². The van der Waals surface area contributed by atoms with Crippen LogP contribution in [0.2, 0.25) is 0 Å². The lowest BCUT2D eigenvalue weighted by molar-refractivity contribution is -0.137. The van der Waals surface area contributed by atoms with Crippen molar-refractivity contribution in [3.05, 3.63) is 0 Å². The van der Waals surface area contributed by atoms with Crippen LogP contribution in [0.3, 0.4) is 0 Å². The van der Waals surface area contributed by atoms with E-state index in [0.717, 1.165) is 0 Å². The highest BCUT2D eigenvalue weighted by atomic mass is 32.2. The van der Waals surface area contributed by atoms with Crippen LogP contribution in [0.25, 0.3) is 0 Å². The van der Waals surface area contributed by atoms with Crippen molar-refractivity contribution in [2.45, 2.75) is 20.3 Å². The van der Waals surface area contributed by atoms with Crippen LogP contribution < -0.4 is 5.32 Å². The molecule has 2 amide bonds. The van der Waals surface area contributed by atoms with Gasteiger partial charge in [0.05, 0.1) is 12.2 Å². The topological polar surface area (TPSA) is 104 Å². The van der Waals surface area contributed by atoms with E-state index in [1.165, 1.54) is 4.90 Å². The zero-order valence-electron chi connectivity index (χ0n) is 10.7. The van der Waals surface area contributed by atoms with E-state index in [-0.39, 0.29) is 31.0 Å². The Balaban J connectivity index is 4.09. The Hall–Kier alpha value is -1.31. The van der Waals surface area contributed by atoms with Gasteiger partial charge in [-0.3, -0.25) is 4.79 Å². The minimum absolute atomic E-state index is 0.0403. The molecule has 0 heterocycles. The summed E-state index contributed by atoms with van der Waals surface area (Å²) in [6.45, 7) is 3.79. The summed E-state index contributed by atoms with van der Waals surface area (Å²) in [7, 11) is -3.10. The van der Waals surface area contributed by atoms with Crippen LogP contribution in [0.1, 0.15) is 20.3 Å². The molecule has 0 bridgehead atoms. The summed E-state index contributed by atoms with van der Waals surface area (Å²) in [4.78, 5) is 23.3. The third-order valence-corrected chi connectivity index (χ3v) is 4.10. The summed E-state index contributed by atoms with van der Waals surface area (Å²) in [5.74, 6) is -1.04. The predicted octanol–water partition coefficient (Wildman–Crippen LogP) is -0.0727. The summed E-state index contributed by atoms with van der Waals surface area (Å²) in [6, 6.07) is -0.440. The third kappa shape index (κ3) is 7.10. The lowest BCUT2D eigenvalue weighted by atomic mass is 10.4. The van der Waals surface area contributed by atoms with Gasteiger partial charge in [0.15, 0.2) is 9.84 Å². The summed E-state index contributed by atoms with van der Waals surface area (Å²) in [5, 5.41) is 11.0. The molecule has 0 rings (SSSR count). The van der Waals surface area contributed by atoms with Gasteiger partial charge in [0.1, 0.15) is 0 Å². The number of hydrogen-bond donors (Lipinski definition) is 2. The summed E-state index contributed by atoms with van der Waals surface area (Å²) in [6.07, 6.45) is -0.130. The van der Waals surface area contributed by atoms with Gasteiger partial charge in [-0.05, 0) is 6.92 Å². The fourth-order valence-corrected chi connectivity index (χ4v) is 1.91. The Kier molecular flexibility index (Phi) is 7.33. The van der Waals surface area contributed by atoms with E-state index in [1.807, 2.05) is 0 Å². The Bertz CT molecular complexity index is 380. The quantitative estimate of drug-likeness (QED) is 0.647. The third-order valence-electron chi connectivity index (χ3n) is 2.39. The number of carboxylic acids is 1. The highest BCUT2D eigenvalue weighted by Gasteiger charge is 2.13. The summed E-state index contributed by atoms with van der Waals surface area (Å²) >= 11 is 0. The fourth-order valence-electron chi connectivity index (χ4n) is 1.20. The van der Waals surface area contributed by atoms with Crippen LogP contribution in [-0.2, 0) is 14.6 Å². The summed E-state index contributed by atoms with van der Waals surface area (Å²) in [5.41, 5.74) is 0. The first-order chi connectivity index (χ1) is 8.32. The molecule has 0 aliphatic carbocycles.